The first-order valence-corrected chi connectivity index (χ1v) is 5.70. The molecule has 2 aromatic rings. The van der Waals surface area contributed by atoms with E-state index >= 15 is 0 Å². The zero-order valence-corrected chi connectivity index (χ0v) is 10.5. The van der Waals surface area contributed by atoms with Crippen molar-refractivity contribution in [2.45, 2.75) is 27.2 Å². The summed E-state index contributed by atoms with van der Waals surface area (Å²) in [6.45, 7) is 6.37. The van der Waals surface area contributed by atoms with E-state index < -0.39 is 0 Å². The van der Waals surface area contributed by atoms with Gasteiger partial charge in [0, 0.05) is 12.6 Å². The van der Waals surface area contributed by atoms with E-state index in [-0.39, 0.29) is 0 Å². The third kappa shape index (κ3) is 2.61. The lowest BCUT2D eigenvalue weighted by Crippen LogP contribution is -2.02. The fraction of sp³-hybridized carbons (Fsp3) is 0.286. The van der Waals surface area contributed by atoms with Crippen molar-refractivity contribution >= 4 is 5.82 Å². The largest absolute Gasteiger partial charge is 0.384 e. The number of aromatic nitrogens is 2. The molecule has 0 unspecified atom stereocenters. The Hall–Kier alpha value is -1.90. The summed E-state index contributed by atoms with van der Waals surface area (Å²) in [6, 6.07) is 6.08. The molecule has 0 aliphatic carbocycles. The number of benzene rings is 1. The van der Waals surface area contributed by atoms with Crippen LogP contribution in [-0.4, -0.2) is 9.97 Å². The van der Waals surface area contributed by atoms with Crippen molar-refractivity contribution < 1.29 is 0 Å². The molecule has 1 aromatic carbocycles. The molecule has 2 N–H and O–H groups in total. The Morgan fingerprint density at radius 2 is 1.76 bits per heavy atom. The molecule has 1 aromatic heterocycles. The van der Waals surface area contributed by atoms with Gasteiger partial charge >= 0.3 is 0 Å². The second-order valence-corrected chi connectivity index (χ2v) is 4.45. The van der Waals surface area contributed by atoms with E-state index in [9.17, 15) is 0 Å². The lowest BCUT2D eigenvalue weighted by Gasteiger charge is -2.10. The molecule has 88 valence electrons. The van der Waals surface area contributed by atoms with Crippen molar-refractivity contribution in [2.24, 2.45) is 0 Å². The minimum absolute atomic E-state index is 0.525. The maximum atomic E-state index is 5.66. The molecule has 0 spiro atoms. The van der Waals surface area contributed by atoms with Crippen molar-refractivity contribution in [1.82, 2.24) is 9.97 Å². The van der Waals surface area contributed by atoms with Gasteiger partial charge in [-0.05, 0) is 43.5 Å². The van der Waals surface area contributed by atoms with E-state index in [2.05, 4.69) is 42.9 Å². The highest BCUT2D eigenvalue weighted by molar-refractivity contribution is 5.39. The summed E-state index contributed by atoms with van der Waals surface area (Å²) in [4.78, 5) is 8.49. The number of aryl methyl sites for hydroxylation is 3. The number of nitrogen functional groups attached to an aromatic ring is 1. The van der Waals surface area contributed by atoms with Crippen molar-refractivity contribution in [2.75, 3.05) is 5.73 Å². The molecule has 17 heavy (non-hydrogen) atoms. The minimum Gasteiger partial charge on any atom is -0.384 e. The van der Waals surface area contributed by atoms with Crippen LogP contribution in [0.5, 0.6) is 0 Å². The molecule has 0 aliphatic heterocycles. The first kappa shape index (κ1) is 11.6. The van der Waals surface area contributed by atoms with Gasteiger partial charge in [0.05, 0.1) is 0 Å². The lowest BCUT2D eigenvalue weighted by molar-refractivity contribution is 0.956. The molecular formula is C14H17N3. The van der Waals surface area contributed by atoms with E-state index in [1.807, 2.05) is 0 Å². The fourth-order valence-corrected chi connectivity index (χ4v) is 2.15. The Labute approximate surface area is 102 Å². The van der Waals surface area contributed by atoms with Crippen molar-refractivity contribution in [1.29, 1.82) is 0 Å². The molecule has 0 saturated carbocycles. The summed E-state index contributed by atoms with van der Waals surface area (Å²) in [6.07, 6.45) is 2.44. The Morgan fingerprint density at radius 1 is 1.12 bits per heavy atom. The molecule has 1 heterocycles. The zero-order valence-electron chi connectivity index (χ0n) is 10.5. The predicted molar refractivity (Wildman–Crippen MR) is 69.9 cm³/mol. The van der Waals surface area contributed by atoms with Gasteiger partial charge < -0.3 is 5.73 Å². The highest BCUT2D eigenvalue weighted by atomic mass is 14.9. The summed E-state index contributed by atoms with van der Waals surface area (Å²) in [5, 5.41) is 0. The Balaban J connectivity index is 2.36. The maximum absolute atomic E-state index is 5.66. The molecule has 2 rings (SSSR count). The molecule has 0 fully saturated rings. The van der Waals surface area contributed by atoms with Crippen molar-refractivity contribution in [3.05, 3.63) is 52.5 Å². The van der Waals surface area contributed by atoms with E-state index in [0.29, 0.717) is 5.82 Å². The molecule has 0 radical (unpaired) electrons. The van der Waals surface area contributed by atoms with Crippen LogP contribution in [0.1, 0.15) is 28.1 Å². The third-order valence-electron chi connectivity index (χ3n) is 2.90. The first-order valence-electron chi connectivity index (χ1n) is 5.70. The SMILES string of the molecule is Cc1cc(C)c(Cc2nccc(N)n2)c(C)c1. The van der Waals surface area contributed by atoms with Crippen LogP contribution in [-0.2, 0) is 6.42 Å². The van der Waals surface area contributed by atoms with E-state index in [1.54, 1.807) is 12.3 Å². The van der Waals surface area contributed by atoms with Gasteiger partial charge in [-0.1, -0.05) is 17.7 Å². The quantitative estimate of drug-likeness (QED) is 0.857. The van der Waals surface area contributed by atoms with Gasteiger partial charge in [0.1, 0.15) is 11.6 Å². The molecule has 3 heteroatoms. The molecule has 0 bridgehead atoms. The second kappa shape index (κ2) is 4.53. The summed E-state index contributed by atoms with van der Waals surface area (Å²) in [5.41, 5.74) is 10.8. The molecule has 0 amide bonds. The standard InChI is InChI=1S/C14H17N3/c1-9-6-10(2)12(11(3)7-9)8-14-16-5-4-13(15)17-14/h4-7H,8H2,1-3H3,(H2,15,16,17). The molecule has 0 atom stereocenters. The first-order chi connectivity index (χ1) is 8.06. The lowest BCUT2D eigenvalue weighted by atomic mass is 9.97. The molecular weight excluding hydrogens is 210 g/mol. The van der Waals surface area contributed by atoms with Crippen molar-refractivity contribution in [3.8, 4) is 0 Å². The summed E-state index contributed by atoms with van der Waals surface area (Å²) >= 11 is 0. The van der Waals surface area contributed by atoms with Gasteiger partial charge in [0.15, 0.2) is 0 Å². The summed E-state index contributed by atoms with van der Waals surface area (Å²) < 4.78 is 0. The third-order valence-corrected chi connectivity index (χ3v) is 2.90. The van der Waals surface area contributed by atoms with Crippen LogP contribution in [0.3, 0.4) is 0 Å². The van der Waals surface area contributed by atoms with Crippen LogP contribution < -0.4 is 5.73 Å². The van der Waals surface area contributed by atoms with Gasteiger partial charge in [-0.15, -0.1) is 0 Å². The maximum Gasteiger partial charge on any atom is 0.135 e. The highest BCUT2D eigenvalue weighted by Crippen LogP contribution is 2.18. The monoisotopic (exact) mass is 227 g/mol. The summed E-state index contributed by atoms with van der Waals surface area (Å²) in [5.74, 6) is 1.30. The number of nitrogens with zero attached hydrogens (tertiary/aromatic N) is 2. The predicted octanol–water partition coefficient (Wildman–Crippen LogP) is 2.57. The van der Waals surface area contributed by atoms with E-state index in [0.717, 1.165) is 12.2 Å². The number of anilines is 1. The Morgan fingerprint density at radius 3 is 2.35 bits per heavy atom. The molecule has 0 saturated heterocycles. The van der Waals surface area contributed by atoms with Crippen LogP contribution in [0, 0.1) is 20.8 Å². The zero-order chi connectivity index (χ0) is 12.4. The van der Waals surface area contributed by atoms with Gasteiger partial charge in [-0.2, -0.15) is 0 Å². The average molecular weight is 227 g/mol. The Bertz CT molecular complexity index is 524. The van der Waals surface area contributed by atoms with Crippen LogP contribution in [0.25, 0.3) is 0 Å². The molecule has 3 nitrogen and oxygen atoms in total. The number of hydrogen-bond acceptors (Lipinski definition) is 3. The van der Waals surface area contributed by atoms with Crippen LogP contribution in [0.4, 0.5) is 5.82 Å². The minimum atomic E-state index is 0.525. The smallest absolute Gasteiger partial charge is 0.135 e. The normalized spacial score (nSPS) is 10.5. The average Bonchev–Trinajstić information content (AvgIpc) is 2.23. The van der Waals surface area contributed by atoms with Gasteiger partial charge in [0.2, 0.25) is 0 Å². The molecule has 0 aliphatic rings. The second-order valence-electron chi connectivity index (χ2n) is 4.45. The highest BCUT2D eigenvalue weighted by Gasteiger charge is 2.07. The van der Waals surface area contributed by atoms with Gasteiger partial charge in [0.25, 0.3) is 0 Å². The van der Waals surface area contributed by atoms with Crippen LogP contribution >= 0.6 is 0 Å². The fourth-order valence-electron chi connectivity index (χ4n) is 2.15. The van der Waals surface area contributed by atoms with E-state index in [4.69, 9.17) is 5.73 Å². The number of nitrogens with two attached hydrogens (primary N) is 1. The van der Waals surface area contributed by atoms with Crippen LogP contribution in [0.15, 0.2) is 24.4 Å². The summed E-state index contributed by atoms with van der Waals surface area (Å²) in [7, 11) is 0. The van der Waals surface area contributed by atoms with Crippen molar-refractivity contribution in [3.63, 3.8) is 0 Å². The van der Waals surface area contributed by atoms with E-state index in [1.165, 1.54) is 22.3 Å². The van der Waals surface area contributed by atoms with Crippen LogP contribution in [0.2, 0.25) is 0 Å². The number of rotatable bonds is 2. The van der Waals surface area contributed by atoms with Gasteiger partial charge in [-0.25, -0.2) is 9.97 Å². The van der Waals surface area contributed by atoms with Gasteiger partial charge in [-0.3, -0.25) is 0 Å². The Kier molecular flexibility index (Phi) is 3.09. The number of hydrogen-bond donors (Lipinski definition) is 1. The topological polar surface area (TPSA) is 51.8 Å².